The molecule has 2 heterocycles. The fraction of sp³-hybridized carbons (Fsp3) is 0.200. The number of hydrogen-bond donors (Lipinski definition) is 1. The van der Waals surface area contributed by atoms with Crippen molar-refractivity contribution in [1.29, 1.82) is 0 Å². The Morgan fingerprint density at radius 1 is 1.09 bits per heavy atom. The highest BCUT2D eigenvalue weighted by molar-refractivity contribution is 5.86. The molecule has 4 rings (SSSR count). The smallest absolute Gasteiger partial charge is 0.344 e. The van der Waals surface area contributed by atoms with Crippen LogP contribution < -0.4 is 20.4 Å². The number of amides is 1. The van der Waals surface area contributed by atoms with E-state index < -0.39 is 5.63 Å². The number of rotatable bonds is 8. The number of carbonyl (C=O) groups is 1. The first kappa shape index (κ1) is 21.2. The van der Waals surface area contributed by atoms with Crippen molar-refractivity contribution >= 4 is 16.9 Å². The molecule has 164 valence electrons. The minimum Gasteiger partial charge on any atom is -0.493 e. The van der Waals surface area contributed by atoms with E-state index in [1.807, 2.05) is 31.2 Å². The van der Waals surface area contributed by atoms with Crippen LogP contribution in [0.3, 0.4) is 0 Å². The molecule has 2 aromatic carbocycles. The van der Waals surface area contributed by atoms with Gasteiger partial charge in [0.1, 0.15) is 11.5 Å². The van der Waals surface area contributed by atoms with Crippen molar-refractivity contribution in [2.24, 2.45) is 0 Å². The number of ether oxygens (including phenoxy) is 2. The summed E-state index contributed by atoms with van der Waals surface area (Å²) in [6.07, 6.45) is 2.21. The Balaban J connectivity index is 1.39. The van der Waals surface area contributed by atoms with Crippen LogP contribution in [0.5, 0.6) is 11.5 Å². The zero-order valence-electron chi connectivity index (χ0n) is 17.8. The first-order valence-electron chi connectivity index (χ1n) is 10.2. The summed E-state index contributed by atoms with van der Waals surface area (Å²) in [6.45, 7) is 1.79. The molecular formula is C25H23NO6. The highest BCUT2D eigenvalue weighted by Gasteiger charge is 2.12. The van der Waals surface area contributed by atoms with Gasteiger partial charge >= 0.3 is 5.63 Å². The van der Waals surface area contributed by atoms with Crippen LogP contribution in [0.15, 0.2) is 80.6 Å². The van der Waals surface area contributed by atoms with Crippen LogP contribution in [0.25, 0.3) is 22.1 Å². The van der Waals surface area contributed by atoms with Gasteiger partial charge in [-0.25, -0.2) is 4.79 Å². The SMILES string of the molecule is COc1cccc2cc(-c3ccc(OCC(=O)N[C@H](C)Cc4ccco4)cc3)c(=O)oc12. The standard InChI is InChI=1S/C25H23NO6/c1-16(13-20-6-4-12-30-20)26-23(27)15-31-19-10-8-17(9-11-19)21-14-18-5-3-7-22(29-2)24(18)32-25(21)28/h3-12,14,16H,13,15H2,1-2H3,(H,26,27)/t16-/m1/s1. The molecule has 32 heavy (non-hydrogen) atoms. The molecule has 4 aromatic rings. The van der Waals surface area contributed by atoms with E-state index in [4.69, 9.17) is 18.3 Å². The van der Waals surface area contributed by atoms with Gasteiger partial charge in [-0.05, 0) is 48.9 Å². The van der Waals surface area contributed by atoms with E-state index >= 15 is 0 Å². The molecule has 1 atom stereocenters. The van der Waals surface area contributed by atoms with E-state index in [0.29, 0.717) is 34.6 Å². The first-order valence-corrected chi connectivity index (χ1v) is 10.2. The Morgan fingerprint density at radius 2 is 1.91 bits per heavy atom. The maximum absolute atomic E-state index is 12.5. The highest BCUT2D eigenvalue weighted by Crippen LogP contribution is 2.28. The number of para-hydroxylation sites is 1. The van der Waals surface area contributed by atoms with E-state index in [1.165, 1.54) is 7.11 Å². The lowest BCUT2D eigenvalue weighted by Gasteiger charge is -2.13. The molecule has 1 amide bonds. The molecule has 0 spiro atoms. The van der Waals surface area contributed by atoms with Crippen LogP contribution in [-0.4, -0.2) is 25.7 Å². The Bertz CT molecular complexity index is 1260. The minimum atomic E-state index is -0.458. The molecule has 7 heteroatoms. The number of methoxy groups -OCH3 is 1. The second kappa shape index (κ2) is 9.43. The lowest BCUT2D eigenvalue weighted by Crippen LogP contribution is -2.37. The van der Waals surface area contributed by atoms with E-state index in [0.717, 1.165) is 11.1 Å². The van der Waals surface area contributed by atoms with Crippen LogP contribution in [0.2, 0.25) is 0 Å². The van der Waals surface area contributed by atoms with Gasteiger partial charge < -0.3 is 23.6 Å². The lowest BCUT2D eigenvalue weighted by molar-refractivity contribution is -0.123. The fourth-order valence-electron chi connectivity index (χ4n) is 3.46. The minimum absolute atomic E-state index is 0.0784. The number of furan rings is 1. The Hall–Kier alpha value is -4.00. The molecule has 0 aliphatic rings. The van der Waals surface area contributed by atoms with E-state index in [-0.39, 0.29) is 18.6 Å². The summed E-state index contributed by atoms with van der Waals surface area (Å²) in [6, 6.07) is 17.7. The second-order valence-corrected chi connectivity index (χ2v) is 7.39. The first-order chi connectivity index (χ1) is 15.5. The number of benzene rings is 2. The topological polar surface area (TPSA) is 90.9 Å². The average molecular weight is 433 g/mol. The summed E-state index contributed by atoms with van der Waals surface area (Å²) in [7, 11) is 1.53. The van der Waals surface area contributed by atoms with Gasteiger partial charge in [0.2, 0.25) is 0 Å². The van der Waals surface area contributed by atoms with Crippen LogP contribution >= 0.6 is 0 Å². The summed E-state index contributed by atoms with van der Waals surface area (Å²) in [5, 5.41) is 3.64. The van der Waals surface area contributed by atoms with Gasteiger partial charge in [-0.1, -0.05) is 24.3 Å². The Labute approximate surface area is 184 Å². The van der Waals surface area contributed by atoms with Crippen molar-refractivity contribution in [3.05, 3.63) is 83.1 Å². The summed E-state index contributed by atoms with van der Waals surface area (Å²) in [5.74, 6) is 1.62. The summed E-state index contributed by atoms with van der Waals surface area (Å²) in [4.78, 5) is 24.6. The second-order valence-electron chi connectivity index (χ2n) is 7.39. The average Bonchev–Trinajstić information content (AvgIpc) is 3.30. The van der Waals surface area contributed by atoms with Gasteiger partial charge in [-0.15, -0.1) is 0 Å². The summed E-state index contributed by atoms with van der Waals surface area (Å²) >= 11 is 0. The number of nitrogens with one attached hydrogen (secondary N) is 1. The van der Waals surface area contributed by atoms with Crippen molar-refractivity contribution in [1.82, 2.24) is 5.32 Å². The summed E-state index contributed by atoms with van der Waals surface area (Å²) in [5.41, 5.74) is 1.07. The molecule has 1 N–H and O–H groups in total. The van der Waals surface area contributed by atoms with Gasteiger partial charge in [0.25, 0.3) is 5.91 Å². The van der Waals surface area contributed by atoms with Gasteiger partial charge in [0.05, 0.1) is 18.9 Å². The predicted octanol–water partition coefficient (Wildman–Crippen LogP) is 4.19. The third-order valence-corrected chi connectivity index (χ3v) is 4.97. The van der Waals surface area contributed by atoms with E-state index in [9.17, 15) is 9.59 Å². The molecule has 2 aromatic heterocycles. The van der Waals surface area contributed by atoms with E-state index in [1.54, 1.807) is 42.7 Å². The van der Waals surface area contributed by atoms with Crippen LogP contribution in [0, 0.1) is 0 Å². The van der Waals surface area contributed by atoms with Gasteiger partial charge in [-0.3, -0.25) is 4.79 Å². The molecule has 0 saturated carbocycles. The molecule has 0 fully saturated rings. The maximum Gasteiger partial charge on any atom is 0.344 e. The van der Waals surface area contributed by atoms with Crippen molar-refractivity contribution in [2.75, 3.05) is 13.7 Å². The molecule has 0 radical (unpaired) electrons. The van der Waals surface area contributed by atoms with Crippen LogP contribution in [0.1, 0.15) is 12.7 Å². The lowest BCUT2D eigenvalue weighted by atomic mass is 10.1. The molecule has 0 unspecified atom stereocenters. The van der Waals surface area contributed by atoms with Gasteiger partial charge in [0, 0.05) is 17.8 Å². The largest absolute Gasteiger partial charge is 0.493 e. The third-order valence-electron chi connectivity index (χ3n) is 4.97. The monoisotopic (exact) mass is 433 g/mol. The molecule has 0 saturated heterocycles. The highest BCUT2D eigenvalue weighted by atomic mass is 16.5. The molecule has 0 bridgehead atoms. The molecule has 0 aliphatic carbocycles. The van der Waals surface area contributed by atoms with Crippen molar-refractivity contribution in [3.8, 4) is 22.6 Å². The number of hydrogen-bond acceptors (Lipinski definition) is 6. The van der Waals surface area contributed by atoms with Gasteiger partial charge in [0.15, 0.2) is 17.9 Å². The zero-order valence-corrected chi connectivity index (χ0v) is 17.8. The van der Waals surface area contributed by atoms with E-state index in [2.05, 4.69) is 5.32 Å². The number of fused-ring (bicyclic) bond motifs is 1. The normalized spacial score (nSPS) is 11.8. The quantitative estimate of drug-likeness (QED) is 0.419. The molecule has 0 aliphatic heterocycles. The number of carbonyl (C=O) groups excluding carboxylic acids is 1. The Morgan fingerprint density at radius 3 is 2.62 bits per heavy atom. The van der Waals surface area contributed by atoms with Gasteiger partial charge in [-0.2, -0.15) is 0 Å². The van der Waals surface area contributed by atoms with Crippen molar-refractivity contribution in [3.63, 3.8) is 0 Å². The zero-order chi connectivity index (χ0) is 22.5. The Kier molecular flexibility index (Phi) is 6.26. The predicted molar refractivity (Wildman–Crippen MR) is 120 cm³/mol. The van der Waals surface area contributed by atoms with Crippen LogP contribution in [-0.2, 0) is 11.2 Å². The summed E-state index contributed by atoms with van der Waals surface area (Å²) < 4.78 is 21.6. The fourth-order valence-corrected chi connectivity index (χ4v) is 3.46. The molecule has 7 nitrogen and oxygen atoms in total. The van der Waals surface area contributed by atoms with Crippen molar-refractivity contribution < 1.29 is 23.1 Å². The van der Waals surface area contributed by atoms with Crippen molar-refractivity contribution in [2.45, 2.75) is 19.4 Å². The molecular weight excluding hydrogens is 410 g/mol. The third kappa shape index (κ3) is 4.83. The van der Waals surface area contributed by atoms with Crippen LogP contribution in [0.4, 0.5) is 0 Å². The maximum atomic E-state index is 12.5.